The number of para-hydroxylation sites is 2. The minimum Gasteiger partial charge on any atom is -0.467 e. The number of nitrogens with zero attached hydrogens (tertiary/aromatic N) is 1. The number of Topliss-reactive ketones (excluding diaryl/α,β-unsaturated/α-hetero) is 1. The van der Waals surface area contributed by atoms with Crippen molar-refractivity contribution < 1.29 is 14.0 Å². The van der Waals surface area contributed by atoms with E-state index in [1.54, 1.807) is 17.2 Å². The zero-order valence-electron chi connectivity index (χ0n) is 15.0. The van der Waals surface area contributed by atoms with Crippen LogP contribution in [-0.4, -0.2) is 11.7 Å². The van der Waals surface area contributed by atoms with Crippen LogP contribution in [0.5, 0.6) is 0 Å². The van der Waals surface area contributed by atoms with Crippen LogP contribution in [0, 0.1) is 5.92 Å². The number of hydrogen-bond donors (Lipinski definition) is 1. The van der Waals surface area contributed by atoms with Gasteiger partial charge in [-0.05, 0) is 36.6 Å². The van der Waals surface area contributed by atoms with Crippen LogP contribution in [0.2, 0.25) is 0 Å². The number of carbonyl (C=O) groups is 2. The summed E-state index contributed by atoms with van der Waals surface area (Å²) in [6.07, 6.45) is 3.20. The summed E-state index contributed by atoms with van der Waals surface area (Å²) in [4.78, 5) is 27.7. The Morgan fingerprint density at radius 2 is 2.04 bits per heavy atom. The van der Waals surface area contributed by atoms with E-state index in [9.17, 15) is 9.59 Å². The number of allylic oxidation sites excluding steroid dienone is 1. The third-order valence-electron chi connectivity index (χ3n) is 5.08. The molecule has 5 heteroatoms. The quantitative estimate of drug-likeness (QED) is 0.869. The number of ketones is 1. The number of rotatable bonds is 2. The van der Waals surface area contributed by atoms with Gasteiger partial charge in [0.1, 0.15) is 11.8 Å². The van der Waals surface area contributed by atoms with E-state index in [2.05, 4.69) is 12.2 Å². The minimum atomic E-state index is -0.538. The molecule has 4 rings (SSSR count). The largest absolute Gasteiger partial charge is 0.467 e. The molecule has 0 fully saturated rings. The lowest BCUT2D eigenvalue weighted by atomic mass is 9.83. The Balaban J connectivity index is 1.99. The van der Waals surface area contributed by atoms with Gasteiger partial charge in [0.05, 0.1) is 17.6 Å². The summed E-state index contributed by atoms with van der Waals surface area (Å²) in [5.74, 6) is 0.919. The molecule has 2 aliphatic rings. The molecule has 1 aromatic carbocycles. The number of amides is 1. The number of nitrogens with one attached hydrogen (secondary N) is 1. The molecule has 0 saturated carbocycles. The highest BCUT2D eigenvalue weighted by atomic mass is 16.3. The molecule has 1 N–H and O–H groups in total. The monoisotopic (exact) mass is 350 g/mol. The Morgan fingerprint density at radius 3 is 2.77 bits per heavy atom. The molecule has 1 aromatic heterocycles. The molecular formula is C21H22N2O3. The number of carbonyl (C=O) groups excluding carboxylic acids is 2. The SMILES string of the molecule is CCC(=O)N1c2ccccc2NC2=C(C(=O)C[C@H](C)C2)[C@@H]1c1ccco1. The molecule has 2 aromatic rings. The van der Waals surface area contributed by atoms with Crippen molar-refractivity contribution in [1.29, 1.82) is 0 Å². The second-order valence-electron chi connectivity index (χ2n) is 7.01. The van der Waals surface area contributed by atoms with Gasteiger partial charge in [-0.15, -0.1) is 0 Å². The Hall–Kier alpha value is -2.82. The van der Waals surface area contributed by atoms with Gasteiger partial charge in [-0.25, -0.2) is 0 Å². The lowest BCUT2D eigenvalue weighted by molar-refractivity contribution is -0.119. The molecule has 1 aliphatic heterocycles. The summed E-state index contributed by atoms with van der Waals surface area (Å²) in [5.41, 5.74) is 3.17. The average Bonchev–Trinajstić information content (AvgIpc) is 3.10. The maximum absolute atomic E-state index is 13.0. The van der Waals surface area contributed by atoms with Gasteiger partial charge in [0.15, 0.2) is 5.78 Å². The first-order valence-corrected chi connectivity index (χ1v) is 9.08. The van der Waals surface area contributed by atoms with Crippen molar-refractivity contribution in [3.8, 4) is 0 Å². The highest BCUT2D eigenvalue weighted by Gasteiger charge is 2.41. The molecule has 2 heterocycles. The molecule has 1 amide bonds. The zero-order chi connectivity index (χ0) is 18.3. The van der Waals surface area contributed by atoms with Crippen LogP contribution in [0.4, 0.5) is 11.4 Å². The van der Waals surface area contributed by atoms with Crippen molar-refractivity contribution in [2.45, 2.75) is 39.2 Å². The number of anilines is 2. The van der Waals surface area contributed by atoms with Crippen LogP contribution < -0.4 is 10.2 Å². The zero-order valence-corrected chi connectivity index (χ0v) is 15.0. The van der Waals surface area contributed by atoms with Gasteiger partial charge >= 0.3 is 0 Å². The van der Waals surface area contributed by atoms with Crippen LogP contribution in [0.15, 0.2) is 58.3 Å². The van der Waals surface area contributed by atoms with Crippen molar-refractivity contribution in [3.05, 3.63) is 59.7 Å². The van der Waals surface area contributed by atoms with E-state index >= 15 is 0 Å². The van der Waals surface area contributed by atoms with Gasteiger partial charge in [0.25, 0.3) is 0 Å². The van der Waals surface area contributed by atoms with Gasteiger partial charge in [-0.1, -0.05) is 26.0 Å². The van der Waals surface area contributed by atoms with Crippen LogP contribution in [-0.2, 0) is 9.59 Å². The van der Waals surface area contributed by atoms with Crippen molar-refractivity contribution in [1.82, 2.24) is 0 Å². The summed E-state index contributed by atoms with van der Waals surface area (Å²) in [6, 6.07) is 10.8. The topological polar surface area (TPSA) is 62.6 Å². The summed E-state index contributed by atoms with van der Waals surface area (Å²) < 4.78 is 5.68. The fraction of sp³-hybridized carbons (Fsp3) is 0.333. The number of hydrogen-bond acceptors (Lipinski definition) is 4. The van der Waals surface area contributed by atoms with Gasteiger partial charge in [0.2, 0.25) is 5.91 Å². The van der Waals surface area contributed by atoms with Crippen molar-refractivity contribution in [2.75, 3.05) is 10.2 Å². The van der Waals surface area contributed by atoms with Crippen molar-refractivity contribution in [3.63, 3.8) is 0 Å². The Morgan fingerprint density at radius 1 is 1.23 bits per heavy atom. The third-order valence-corrected chi connectivity index (χ3v) is 5.08. The van der Waals surface area contributed by atoms with Gasteiger partial charge < -0.3 is 9.73 Å². The van der Waals surface area contributed by atoms with Crippen molar-refractivity contribution >= 4 is 23.1 Å². The Labute approximate surface area is 152 Å². The molecule has 134 valence electrons. The molecular weight excluding hydrogens is 328 g/mol. The van der Waals surface area contributed by atoms with Gasteiger partial charge in [0, 0.05) is 24.1 Å². The van der Waals surface area contributed by atoms with E-state index in [4.69, 9.17) is 4.42 Å². The fourth-order valence-electron chi connectivity index (χ4n) is 3.95. The Bertz CT molecular complexity index is 882. The molecule has 26 heavy (non-hydrogen) atoms. The van der Waals surface area contributed by atoms with Crippen molar-refractivity contribution in [2.24, 2.45) is 5.92 Å². The summed E-state index contributed by atoms with van der Waals surface area (Å²) in [5, 5.41) is 3.45. The molecule has 5 nitrogen and oxygen atoms in total. The number of furan rings is 1. The summed E-state index contributed by atoms with van der Waals surface area (Å²) in [7, 11) is 0. The smallest absolute Gasteiger partial charge is 0.227 e. The summed E-state index contributed by atoms with van der Waals surface area (Å²) in [6.45, 7) is 3.92. The molecule has 2 atom stereocenters. The third kappa shape index (κ3) is 2.64. The second kappa shape index (κ2) is 6.48. The predicted molar refractivity (Wildman–Crippen MR) is 99.7 cm³/mol. The van der Waals surface area contributed by atoms with E-state index in [0.29, 0.717) is 24.2 Å². The standard InChI is InChI=1S/C21H22N2O3/c1-3-19(25)23-16-8-5-4-7-14(16)22-15-11-13(2)12-17(24)20(15)21(23)18-9-6-10-26-18/h4-10,13,21-22H,3,11-12H2,1-2H3/t13-,21+/m1/s1. The van der Waals surface area contributed by atoms with Crippen LogP contribution >= 0.6 is 0 Å². The van der Waals surface area contributed by atoms with Crippen LogP contribution in [0.3, 0.4) is 0 Å². The molecule has 0 saturated heterocycles. The van der Waals surface area contributed by atoms with E-state index in [0.717, 1.165) is 23.5 Å². The first kappa shape index (κ1) is 16.6. The minimum absolute atomic E-state index is 0.0409. The number of benzene rings is 1. The Kier molecular flexibility index (Phi) is 4.15. The first-order valence-electron chi connectivity index (χ1n) is 9.08. The first-order chi connectivity index (χ1) is 12.6. The highest BCUT2D eigenvalue weighted by Crippen LogP contribution is 2.45. The summed E-state index contributed by atoms with van der Waals surface area (Å²) >= 11 is 0. The average molecular weight is 350 g/mol. The van der Waals surface area contributed by atoms with Gasteiger partial charge in [-0.2, -0.15) is 0 Å². The molecule has 0 unspecified atom stereocenters. The van der Waals surface area contributed by atoms with E-state index in [1.807, 2.05) is 37.3 Å². The highest BCUT2D eigenvalue weighted by molar-refractivity contribution is 6.05. The lowest BCUT2D eigenvalue weighted by Crippen LogP contribution is -2.38. The predicted octanol–water partition coefficient (Wildman–Crippen LogP) is 4.44. The normalized spacial score (nSPS) is 22.4. The molecule has 1 aliphatic carbocycles. The van der Waals surface area contributed by atoms with E-state index < -0.39 is 6.04 Å². The maximum Gasteiger partial charge on any atom is 0.227 e. The van der Waals surface area contributed by atoms with E-state index in [1.165, 1.54) is 0 Å². The van der Waals surface area contributed by atoms with Gasteiger partial charge in [-0.3, -0.25) is 14.5 Å². The van der Waals surface area contributed by atoms with Crippen LogP contribution in [0.25, 0.3) is 0 Å². The van der Waals surface area contributed by atoms with Crippen LogP contribution in [0.1, 0.15) is 44.9 Å². The second-order valence-corrected chi connectivity index (χ2v) is 7.01. The molecule has 0 spiro atoms. The van der Waals surface area contributed by atoms with E-state index in [-0.39, 0.29) is 17.6 Å². The fourth-order valence-corrected chi connectivity index (χ4v) is 3.95. The molecule has 0 radical (unpaired) electrons. The maximum atomic E-state index is 13.0. The molecule has 0 bridgehead atoms. The number of fused-ring (bicyclic) bond motifs is 1. The lowest BCUT2D eigenvalue weighted by Gasteiger charge is -2.32.